The van der Waals surface area contributed by atoms with Crippen molar-refractivity contribution in [1.29, 1.82) is 0 Å². The first kappa shape index (κ1) is 14.1. The smallest absolute Gasteiger partial charge is 0.354 e. The monoisotopic (exact) mass is 299 g/mol. The SMILES string of the molecule is COC(=O)c1ccc(-c2ccco2)n1Cc1cccc(F)c1. The van der Waals surface area contributed by atoms with E-state index in [0.29, 0.717) is 18.0 Å². The molecule has 3 rings (SSSR count). The maximum absolute atomic E-state index is 13.4. The average Bonchev–Trinajstić information content (AvgIpc) is 3.15. The number of methoxy groups -OCH3 is 1. The molecule has 0 spiro atoms. The number of hydrogen-bond acceptors (Lipinski definition) is 3. The maximum Gasteiger partial charge on any atom is 0.354 e. The van der Waals surface area contributed by atoms with Crippen molar-refractivity contribution in [3.05, 3.63) is 71.9 Å². The number of furan rings is 1. The number of benzene rings is 1. The highest BCUT2D eigenvalue weighted by molar-refractivity contribution is 5.89. The van der Waals surface area contributed by atoms with Crippen LogP contribution in [0, 0.1) is 5.82 Å². The molecule has 0 atom stereocenters. The van der Waals surface area contributed by atoms with E-state index >= 15 is 0 Å². The van der Waals surface area contributed by atoms with Gasteiger partial charge in [-0.05, 0) is 42.0 Å². The molecule has 0 radical (unpaired) electrons. The predicted octanol–water partition coefficient (Wildman–Crippen LogP) is 3.72. The van der Waals surface area contributed by atoms with Crippen molar-refractivity contribution in [2.75, 3.05) is 7.11 Å². The zero-order valence-electron chi connectivity index (χ0n) is 12.0. The molecule has 3 aromatic rings. The number of nitrogens with zero attached hydrogens (tertiary/aromatic N) is 1. The van der Waals surface area contributed by atoms with E-state index in [1.807, 2.05) is 0 Å². The van der Waals surface area contributed by atoms with Gasteiger partial charge in [0.25, 0.3) is 0 Å². The van der Waals surface area contributed by atoms with Crippen molar-refractivity contribution in [3.8, 4) is 11.5 Å². The summed E-state index contributed by atoms with van der Waals surface area (Å²) in [6, 6.07) is 13.3. The molecule has 0 aliphatic heterocycles. The van der Waals surface area contributed by atoms with Crippen LogP contribution in [0.5, 0.6) is 0 Å². The molecular weight excluding hydrogens is 285 g/mol. The van der Waals surface area contributed by atoms with E-state index in [9.17, 15) is 9.18 Å². The Morgan fingerprint density at radius 2 is 2.09 bits per heavy atom. The molecule has 0 aliphatic rings. The zero-order valence-corrected chi connectivity index (χ0v) is 12.0. The standard InChI is InChI=1S/C17H14FNO3/c1-21-17(20)15-8-7-14(16-6-3-9-22-16)19(15)11-12-4-2-5-13(18)10-12/h2-10H,11H2,1H3. The van der Waals surface area contributed by atoms with Crippen molar-refractivity contribution in [2.45, 2.75) is 6.54 Å². The van der Waals surface area contributed by atoms with Gasteiger partial charge < -0.3 is 13.7 Å². The van der Waals surface area contributed by atoms with Crippen LogP contribution in [0.1, 0.15) is 16.1 Å². The molecule has 0 saturated heterocycles. The lowest BCUT2D eigenvalue weighted by atomic mass is 10.2. The average molecular weight is 299 g/mol. The second-order valence-corrected chi connectivity index (χ2v) is 4.79. The molecule has 0 aliphatic carbocycles. The molecule has 0 unspecified atom stereocenters. The Kier molecular flexibility index (Phi) is 3.78. The molecule has 0 N–H and O–H groups in total. The van der Waals surface area contributed by atoms with Gasteiger partial charge in [-0.25, -0.2) is 9.18 Å². The van der Waals surface area contributed by atoms with Gasteiger partial charge in [0.05, 0.1) is 19.1 Å². The first-order valence-corrected chi connectivity index (χ1v) is 6.75. The fourth-order valence-corrected chi connectivity index (χ4v) is 2.38. The molecule has 2 aromatic heterocycles. The summed E-state index contributed by atoms with van der Waals surface area (Å²) >= 11 is 0. The van der Waals surface area contributed by atoms with Crippen molar-refractivity contribution in [2.24, 2.45) is 0 Å². The number of carbonyl (C=O) groups excluding carboxylic acids is 1. The second kappa shape index (κ2) is 5.89. The minimum atomic E-state index is -0.450. The van der Waals surface area contributed by atoms with Crippen LogP contribution in [-0.4, -0.2) is 17.6 Å². The number of ether oxygens (including phenoxy) is 1. The minimum absolute atomic E-state index is 0.316. The number of esters is 1. The van der Waals surface area contributed by atoms with Gasteiger partial charge in [0.1, 0.15) is 17.3 Å². The third-order valence-corrected chi connectivity index (χ3v) is 3.38. The molecule has 0 amide bonds. The molecule has 112 valence electrons. The lowest BCUT2D eigenvalue weighted by Crippen LogP contribution is -2.12. The maximum atomic E-state index is 13.4. The summed E-state index contributed by atoms with van der Waals surface area (Å²) in [6.45, 7) is 0.339. The van der Waals surface area contributed by atoms with Gasteiger partial charge in [-0.3, -0.25) is 0 Å². The van der Waals surface area contributed by atoms with Gasteiger partial charge in [0.15, 0.2) is 0 Å². The van der Waals surface area contributed by atoms with Crippen molar-refractivity contribution in [1.82, 2.24) is 4.57 Å². The van der Waals surface area contributed by atoms with Gasteiger partial charge in [0, 0.05) is 6.54 Å². The summed E-state index contributed by atoms with van der Waals surface area (Å²) < 4.78 is 25.3. The van der Waals surface area contributed by atoms with Crippen LogP contribution < -0.4 is 0 Å². The van der Waals surface area contributed by atoms with Gasteiger partial charge in [-0.15, -0.1) is 0 Å². The fraction of sp³-hybridized carbons (Fsp3) is 0.118. The molecule has 22 heavy (non-hydrogen) atoms. The first-order chi connectivity index (χ1) is 10.7. The summed E-state index contributed by atoms with van der Waals surface area (Å²) in [5.74, 6) is -0.135. The van der Waals surface area contributed by atoms with E-state index in [0.717, 1.165) is 11.3 Å². The van der Waals surface area contributed by atoms with Crippen LogP contribution in [0.2, 0.25) is 0 Å². The lowest BCUT2D eigenvalue weighted by Gasteiger charge is -2.11. The Morgan fingerprint density at radius 1 is 1.23 bits per heavy atom. The number of aromatic nitrogens is 1. The van der Waals surface area contributed by atoms with E-state index in [1.54, 1.807) is 47.2 Å². The third-order valence-electron chi connectivity index (χ3n) is 3.38. The summed E-state index contributed by atoms with van der Waals surface area (Å²) in [6.07, 6.45) is 1.56. The summed E-state index contributed by atoms with van der Waals surface area (Å²) in [5, 5.41) is 0. The van der Waals surface area contributed by atoms with E-state index < -0.39 is 5.97 Å². The summed E-state index contributed by atoms with van der Waals surface area (Å²) in [4.78, 5) is 11.9. The molecule has 1 aromatic carbocycles. The highest BCUT2D eigenvalue weighted by atomic mass is 19.1. The van der Waals surface area contributed by atoms with E-state index in [1.165, 1.54) is 19.2 Å². The van der Waals surface area contributed by atoms with Crippen molar-refractivity contribution < 1.29 is 18.3 Å². The number of hydrogen-bond donors (Lipinski definition) is 0. The van der Waals surface area contributed by atoms with Crippen LogP contribution in [0.15, 0.2) is 59.2 Å². The first-order valence-electron chi connectivity index (χ1n) is 6.75. The van der Waals surface area contributed by atoms with Crippen LogP contribution in [0.3, 0.4) is 0 Å². The topological polar surface area (TPSA) is 44.4 Å². The fourth-order valence-electron chi connectivity index (χ4n) is 2.38. The Hall–Kier alpha value is -2.82. The second-order valence-electron chi connectivity index (χ2n) is 4.79. The van der Waals surface area contributed by atoms with Crippen LogP contribution in [0.4, 0.5) is 4.39 Å². The molecule has 0 saturated carbocycles. The molecule has 4 nitrogen and oxygen atoms in total. The van der Waals surface area contributed by atoms with E-state index in [4.69, 9.17) is 9.15 Å². The number of carbonyl (C=O) groups is 1. The Labute approximate surface area is 126 Å². The van der Waals surface area contributed by atoms with Crippen LogP contribution in [-0.2, 0) is 11.3 Å². The number of rotatable bonds is 4. The van der Waals surface area contributed by atoms with E-state index in [2.05, 4.69) is 0 Å². The predicted molar refractivity (Wildman–Crippen MR) is 79.0 cm³/mol. The summed E-state index contributed by atoms with van der Waals surface area (Å²) in [5.41, 5.74) is 1.86. The van der Waals surface area contributed by atoms with Crippen molar-refractivity contribution >= 4 is 5.97 Å². The van der Waals surface area contributed by atoms with Gasteiger partial charge in [-0.2, -0.15) is 0 Å². The van der Waals surface area contributed by atoms with E-state index in [-0.39, 0.29) is 5.82 Å². The quantitative estimate of drug-likeness (QED) is 0.690. The highest BCUT2D eigenvalue weighted by Crippen LogP contribution is 2.25. The minimum Gasteiger partial charge on any atom is -0.464 e. The normalized spacial score (nSPS) is 10.6. The van der Waals surface area contributed by atoms with Crippen molar-refractivity contribution in [3.63, 3.8) is 0 Å². The number of halogens is 1. The van der Waals surface area contributed by atoms with Gasteiger partial charge in [0.2, 0.25) is 0 Å². The molecule has 0 bridgehead atoms. The Morgan fingerprint density at radius 3 is 2.77 bits per heavy atom. The zero-order chi connectivity index (χ0) is 15.5. The Bertz CT molecular complexity index is 790. The summed E-state index contributed by atoms with van der Waals surface area (Å²) in [7, 11) is 1.33. The molecule has 2 heterocycles. The van der Waals surface area contributed by atoms with Gasteiger partial charge >= 0.3 is 5.97 Å². The van der Waals surface area contributed by atoms with Crippen LogP contribution in [0.25, 0.3) is 11.5 Å². The molecule has 5 heteroatoms. The molecular formula is C17H14FNO3. The molecule has 0 fully saturated rings. The lowest BCUT2D eigenvalue weighted by molar-refractivity contribution is 0.0589. The Balaban J connectivity index is 2.06. The third kappa shape index (κ3) is 2.65. The van der Waals surface area contributed by atoms with Gasteiger partial charge in [-0.1, -0.05) is 12.1 Å². The largest absolute Gasteiger partial charge is 0.464 e. The van der Waals surface area contributed by atoms with Crippen LogP contribution >= 0.6 is 0 Å². The highest BCUT2D eigenvalue weighted by Gasteiger charge is 2.18.